The summed E-state index contributed by atoms with van der Waals surface area (Å²) >= 11 is 0. The summed E-state index contributed by atoms with van der Waals surface area (Å²) < 4.78 is 18.0. The first-order valence-corrected chi connectivity index (χ1v) is 10.1. The average molecular weight is 436 g/mol. The van der Waals surface area contributed by atoms with E-state index >= 15 is 0 Å². The zero-order chi connectivity index (χ0) is 22.3. The van der Waals surface area contributed by atoms with Crippen molar-refractivity contribution >= 4 is 11.6 Å². The van der Waals surface area contributed by atoms with Crippen LogP contribution in [0.15, 0.2) is 53.3 Å². The van der Waals surface area contributed by atoms with Crippen LogP contribution in [0.3, 0.4) is 0 Å². The van der Waals surface area contributed by atoms with Crippen LogP contribution in [0.1, 0.15) is 16.2 Å². The molecule has 0 aromatic carbocycles. The molecule has 4 aromatic rings. The van der Waals surface area contributed by atoms with Gasteiger partial charge in [-0.2, -0.15) is 10.2 Å². The predicted octanol–water partition coefficient (Wildman–Crippen LogP) is 3.15. The monoisotopic (exact) mass is 436 g/mol. The van der Waals surface area contributed by atoms with Crippen molar-refractivity contribution in [2.75, 3.05) is 32.2 Å². The van der Waals surface area contributed by atoms with Gasteiger partial charge in [-0.3, -0.25) is 19.6 Å². The van der Waals surface area contributed by atoms with Gasteiger partial charge in [-0.15, -0.1) is 0 Å². The first kappa shape index (κ1) is 21.5. The van der Waals surface area contributed by atoms with Crippen LogP contribution in [-0.4, -0.2) is 57.8 Å². The number of H-pyrrole nitrogens is 1. The lowest BCUT2D eigenvalue weighted by atomic mass is 10.2. The molecule has 0 aliphatic heterocycles. The van der Waals surface area contributed by atoms with Crippen molar-refractivity contribution in [1.82, 2.24) is 25.0 Å². The molecule has 0 atom stereocenters. The van der Waals surface area contributed by atoms with Crippen molar-refractivity contribution in [3.8, 4) is 22.7 Å². The average Bonchev–Trinajstić information content (AvgIpc) is 3.54. The topological polar surface area (TPSA) is 120 Å². The van der Waals surface area contributed by atoms with Gasteiger partial charge in [-0.05, 0) is 31.2 Å². The normalized spacial score (nSPS) is 11.1. The molecule has 0 aliphatic carbocycles. The van der Waals surface area contributed by atoms with Crippen molar-refractivity contribution in [2.24, 2.45) is 0 Å². The molecule has 166 valence electrons. The quantitative estimate of drug-likeness (QED) is 0.366. The van der Waals surface area contributed by atoms with Crippen LogP contribution in [-0.2, 0) is 16.0 Å². The highest BCUT2D eigenvalue weighted by molar-refractivity contribution is 6.04. The van der Waals surface area contributed by atoms with Gasteiger partial charge in [0.25, 0.3) is 5.91 Å². The summed E-state index contributed by atoms with van der Waals surface area (Å²) in [7, 11) is 1.63. The maximum Gasteiger partial charge on any atom is 0.291 e. The Kier molecular flexibility index (Phi) is 6.73. The Hall–Kier alpha value is -3.76. The highest BCUT2D eigenvalue weighted by atomic mass is 16.5. The number of anilines is 1. The van der Waals surface area contributed by atoms with Crippen LogP contribution in [0.25, 0.3) is 22.7 Å². The minimum Gasteiger partial charge on any atom is -0.451 e. The Bertz CT molecular complexity index is 1160. The van der Waals surface area contributed by atoms with Crippen LogP contribution in [0.4, 0.5) is 5.69 Å². The van der Waals surface area contributed by atoms with Crippen LogP contribution in [0.5, 0.6) is 0 Å². The molecule has 0 spiro atoms. The number of amides is 1. The maximum atomic E-state index is 12.9. The highest BCUT2D eigenvalue weighted by Gasteiger charge is 2.19. The van der Waals surface area contributed by atoms with Crippen molar-refractivity contribution < 1.29 is 18.7 Å². The van der Waals surface area contributed by atoms with Crippen LogP contribution in [0.2, 0.25) is 0 Å². The number of ether oxygens (including phenoxy) is 2. The van der Waals surface area contributed by atoms with Gasteiger partial charge in [-0.25, -0.2) is 0 Å². The van der Waals surface area contributed by atoms with E-state index in [9.17, 15) is 4.79 Å². The summed E-state index contributed by atoms with van der Waals surface area (Å²) in [5, 5.41) is 14.3. The van der Waals surface area contributed by atoms with E-state index in [0.717, 1.165) is 11.3 Å². The molecule has 4 aromatic heterocycles. The third kappa shape index (κ3) is 4.93. The summed E-state index contributed by atoms with van der Waals surface area (Å²) in [6.07, 6.45) is 5.17. The SMILES string of the molecule is COCCOCCn1cc(NC(=O)c2ccc(-c3c[nH]nc3C)o2)c(-c2ccccn2)n1. The first-order valence-electron chi connectivity index (χ1n) is 10.1. The Morgan fingerprint density at radius 2 is 2.12 bits per heavy atom. The summed E-state index contributed by atoms with van der Waals surface area (Å²) in [4.78, 5) is 17.2. The number of pyridine rings is 1. The van der Waals surface area contributed by atoms with Gasteiger partial charge in [0.15, 0.2) is 5.76 Å². The van der Waals surface area contributed by atoms with Crippen molar-refractivity contribution in [2.45, 2.75) is 13.5 Å². The number of nitrogens with one attached hydrogen (secondary N) is 2. The number of carbonyl (C=O) groups is 1. The molecular formula is C22H24N6O4. The number of carbonyl (C=O) groups excluding carboxylic acids is 1. The lowest BCUT2D eigenvalue weighted by molar-refractivity contribution is 0.0654. The lowest BCUT2D eigenvalue weighted by Crippen LogP contribution is -2.11. The Morgan fingerprint density at radius 1 is 1.22 bits per heavy atom. The summed E-state index contributed by atoms with van der Waals surface area (Å²) in [6.45, 7) is 3.88. The number of aromatic nitrogens is 5. The number of hydrogen-bond acceptors (Lipinski definition) is 7. The Balaban J connectivity index is 1.52. The largest absolute Gasteiger partial charge is 0.451 e. The first-order chi connectivity index (χ1) is 15.7. The van der Waals surface area contributed by atoms with E-state index < -0.39 is 0 Å². The zero-order valence-corrected chi connectivity index (χ0v) is 17.9. The Labute approximate surface area is 184 Å². The van der Waals surface area contributed by atoms with Crippen LogP contribution < -0.4 is 5.32 Å². The van der Waals surface area contributed by atoms with Crippen molar-refractivity contribution in [3.05, 3.63) is 60.4 Å². The molecule has 10 heteroatoms. The summed E-state index contributed by atoms with van der Waals surface area (Å²) in [6, 6.07) is 8.90. The minimum atomic E-state index is -0.384. The molecule has 0 saturated heterocycles. The van der Waals surface area contributed by atoms with E-state index in [2.05, 4.69) is 25.6 Å². The van der Waals surface area contributed by atoms with E-state index in [1.165, 1.54) is 0 Å². The second kappa shape index (κ2) is 10.0. The van der Waals surface area contributed by atoms with Gasteiger partial charge in [0, 0.05) is 25.7 Å². The Morgan fingerprint density at radius 3 is 2.88 bits per heavy atom. The molecule has 4 rings (SSSR count). The minimum absolute atomic E-state index is 0.184. The van der Waals surface area contributed by atoms with Gasteiger partial charge >= 0.3 is 0 Å². The van der Waals surface area contributed by atoms with Crippen molar-refractivity contribution in [1.29, 1.82) is 0 Å². The second-order valence-corrected chi connectivity index (χ2v) is 6.98. The smallest absolute Gasteiger partial charge is 0.291 e. The van der Waals surface area contributed by atoms with E-state index in [4.69, 9.17) is 13.9 Å². The van der Waals surface area contributed by atoms with Gasteiger partial charge in [0.2, 0.25) is 0 Å². The summed E-state index contributed by atoms with van der Waals surface area (Å²) in [5.41, 5.74) is 3.34. The molecule has 0 fully saturated rings. The lowest BCUT2D eigenvalue weighted by Gasteiger charge is -2.03. The molecule has 32 heavy (non-hydrogen) atoms. The number of aryl methyl sites for hydroxylation is 1. The number of nitrogens with zero attached hydrogens (tertiary/aromatic N) is 4. The molecule has 0 aliphatic rings. The molecular weight excluding hydrogens is 412 g/mol. The van der Waals surface area contributed by atoms with Gasteiger partial charge in [-0.1, -0.05) is 6.07 Å². The molecule has 1 amide bonds. The zero-order valence-electron chi connectivity index (χ0n) is 17.9. The number of methoxy groups -OCH3 is 1. The molecule has 0 radical (unpaired) electrons. The number of aromatic amines is 1. The number of hydrogen-bond donors (Lipinski definition) is 2. The molecule has 4 heterocycles. The fourth-order valence-electron chi connectivity index (χ4n) is 3.12. The van der Waals surface area contributed by atoms with E-state index in [1.807, 2.05) is 25.1 Å². The van der Waals surface area contributed by atoms with Crippen LogP contribution in [0, 0.1) is 6.92 Å². The van der Waals surface area contributed by atoms with Gasteiger partial charge in [0.05, 0.1) is 49.0 Å². The molecule has 0 saturated carbocycles. The number of furan rings is 1. The highest BCUT2D eigenvalue weighted by Crippen LogP contribution is 2.27. The van der Waals surface area contributed by atoms with Crippen molar-refractivity contribution in [3.63, 3.8) is 0 Å². The third-order valence-corrected chi connectivity index (χ3v) is 4.74. The standard InChI is InChI=1S/C22H24N6O4/c1-15-16(13-24-26-15)19-6-7-20(32-19)22(29)25-18-14-28(9-10-31-12-11-30-2)27-21(18)17-5-3-4-8-23-17/h3-8,13-14H,9-12H2,1-2H3,(H,24,26)(H,25,29). The molecule has 0 unspecified atom stereocenters. The maximum absolute atomic E-state index is 12.9. The third-order valence-electron chi connectivity index (χ3n) is 4.74. The fraction of sp³-hybridized carbons (Fsp3) is 0.273. The molecule has 10 nitrogen and oxygen atoms in total. The predicted molar refractivity (Wildman–Crippen MR) is 117 cm³/mol. The van der Waals surface area contributed by atoms with Gasteiger partial charge in [0.1, 0.15) is 11.5 Å². The fourth-order valence-corrected chi connectivity index (χ4v) is 3.12. The molecule has 0 bridgehead atoms. The summed E-state index contributed by atoms with van der Waals surface area (Å²) in [5.74, 6) is 0.365. The van der Waals surface area contributed by atoms with Gasteiger partial charge < -0.3 is 19.2 Å². The van der Waals surface area contributed by atoms with E-state index in [1.54, 1.807) is 42.5 Å². The number of rotatable bonds is 10. The van der Waals surface area contributed by atoms with E-state index in [0.29, 0.717) is 49.2 Å². The van der Waals surface area contributed by atoms with E-state index in [-0.39, 0.29) is 11.7 Å². The van der Waals surface area contributed by atoms with Crippen LogP contribution >= 0.6 is 0 Å². The molecule has 2 N–H and O–H groups in total. The second-order valence-electron chi connectivity index (χ2n) is 6.98.